The summed E-state index contributed by atoms with van der Waals surface area (Å²) in [6.45, 7) is 1.98. The van der Waals surface area contributed by atoms with Crippen molar-refractivity contribution < 1.29 is 0 Å². The molecule has 0 aliphatic rings. The van der Waals surface area contributed by atoms with Crippen molar-refractivity contribution in [1.82, 2.24) is 15.2 Å². The molecule has 3 rings (SSSR count). The number of nitrogen functional groups attached to an aromatic ring is 1. The fourth-order valence-corrected chi connectivity index (χ4v) is 2.22. The van der Waals surface area contributed by atoms with E-state index in [1.807, 2.05) is 51.4 Å². The van der Waals surface area contributed by atoms with Gasteiger partial charge in [-0.25, -0.2) is 4.98 Å². The molecule has 1 heterocycles. The van der Waals surface area contributed by atoms with Gasteiger partial charge in [-0.15, -0.1) is 0 Å². The lowest BCUT2D eigenvalue weighted by Crippen LogP contribution is -2.07. The minimum atomic E-state index is 0.651. The van der Waals surface area contributed by atoms with Crippen LogP contribution in [-0.2, 0) is 0 Å². The molecule has 0 amide bonds. The predicted octanol–water partition coefficient (Wildman–Crippen LogP) is 3.10. The van der Waals surface area contributed by atoms with Crippen LogP contribution in [-0.4, -0.2) is 29.3 Å². The summed E-state index contributed by atoms with van der Waals surface area (Å²) in [5.41, 5.74) is 10.8. The number of hydrogen-bond acceptors (Lipinski definition) is 4. The minimum absolute atomic E-state index is 0.651. The summed E-state index contributed by atoms with van der Waals surface area (Å²) >= 11 is 0. The molecule has 0 bridgehead atoms. The van der Waals surface area contributed by atoms with Crippen LogP contribution < -0.4 is 10.6 Å². The van der Waals surface area contributed by atoms with Crippen LogP contribution in [0.1, 0.15) is 5.56 Å². The van der Waals surface area contributed by atoms with E-state index in [0.717, 1.165) is 33.9 Å². The summed E-state index contributed by atoms with van der Waals surface area (Å²) < 4.78 is 0. The highest BCUT2D eigenvalue weighted by atomic mass is 15.2. The molecule has 0 saturated carbocycles. The highest BCUT2D eigenvalue weighted by Crippen LogP contribution is 2.24. The maximum Gasteiger partial charge on any atom is 0.181 e. The second kappa shape index (κ2) is 5.52. The molecule has 5 nitrogen and oxygen atoms in total. The van der Waals surface area contributed by atoms with Crippen LogP contribution in [0.2, 0.25) is 0 Å². The van der Waals surface area contributed by atoms with Crippen LogP contribution in [0.25, 0.3) is 22.8 Å². The van der Waals surface area contributed by atoms with Gasteiger partial charge in [-0.05, 0) is 42.8 Å². The Hall–Kier alpha value is -2.82. The third-order valence-corrected chi connectivity index (χ3v) is 3.68. The highest BCUT2D eigenvalue weighted by Gasteiger charge is 2.09. The number of aromatic nitrogens is 3. The third kappa shape index (κ3) is 2.65. The number of nitrogens with zero attached hydrogens (tertiary/aromatic N) is 3. The molecule has 22 heavy (non-hydrogen) atoms. The van der Waals surface area contributed by atoms with Gasteiger partial charge >= 0.3 is 0 Å². The average molecular weight is 293 g/mol. The van der Waals surface area contributed by atoms with E-state index in [-0.39, 0.29) is 0 Å². The Morgan fingerprint density at radius 2 is 1.68 bits per heavy atom. The Labute approximate surface area is 129 Å². The molecule has 3 N–H and O–H groups in total. The molecule has 0 atom stereocenters. The molecule has 0 radical (unpaired) electrons. The molecule has 0 saturated heterocycles. The zero-order chi connectivity index (χ0) is 15.7. The Bertz CT molecular complexity index is 787. The smallest absolute Gasteiger partial charge is 0.181 e. The summed E-state index contributed by atoms with van der Waals surface area (Å²) in [6, 6.07) is 14.0. The SMILES string of the molecule is Cc1ccc(-c2n[nH]c(-c3ccc(N(C)C)cc3)n2)cc1N. The fourth-order valence-electron chi connectivity index (χ4n) is 2.22. The van der Waals surface area contributed by atoms with Crippen molar-refractivity contribution in [2.45, 2.75) is 6.92 Å². The first-order valence-electron chi connectivity index (χ1n) is 7.11. The normalized spacial score (nSPS) is 10.7. The second-order valence-electron chi connectivity index (χ2n) is 5.52. The number of nitrogens with one attached hydrogen (secondary N) is 1. The lowest BCUT2D eigenvalue weighted by atomic mass is 10.1. The van der Waals surface area contributed by atoms with E-state index in [1.54, 1.807) is 0 Å². The molecule has 0 spiro atoms. The van der Waals surface area contributed by atoms with Gasteiger partial charge in [0.25, 0.3) is 0 Å². The van der Waals surface area contributed by atoms with Crippen molar-refractivity contribution in [2.75, 3.05) is 24.7 Å². The number of nitrogens with two attached hydrogens (primary N) is 1. The van der Waals surface area contributed by atoms with Gasteiger partial charge in [0.1, 0.15) is 0 Å². The maximum atomic E-state index is 5.95. The maximum absolute atomic E-state index is 5.95. The fraction of sp³-hybridized carbons (Fsp3) is 0.176. The Morgan fingerprint density at radius 1 is 1.00 bits per heavy atom. The molecule has 0 fully saturated rings. The first-order chi connectivity index (χ1) is 10.5. The Morgan fingerprint density at radius 3 is 2.32 bits per heavy atom. The molecule has 1 aromatic heterocycles. The molecule has 0 aliphatic heterocycles. The van der Waals surface area contributed by atoms with Gasteiger partial charge in [-0.2, -0.15) is 5.10 Å². The van der Waals surface area contributed by atoms with Crippen molar-refractivity contribution in [3.63, 3.8) is 0 Å². The number of H-pyrrole nitrogens is 1. The summed E-state index contributed by atoms with van der Waals surface area (Å²) in [5, 5.41) is 7.28. The Kier molecular flexibility index (Phi) is 3.55. The van der Waals surface area contributed by atoms with E-state index in [0.29, 0.717) is 5.82 Å². The van der Waals surface area contributed by atoms with Crippen LogP contribution in [0.5, 0.6) is 0 Å². The first kappa shape index (κ1) is 14.1. The molecule has 5 heteroatoms. The third-order valence-electron chi connectivity index (χ3n) is 3.68. The standard InChI is InChI=1S/C17H19N5/c1-11-4-5-13(10-15(11)18)17-19-16(20-21-17)12-6-8-14(9-7-12)22(2)3/h4-10H,18H2,1-3H3,(H,19,20,21). The summed E-state index contributed by atoms with van der Waals surface area (Å²) in [4.78, 5) is 6.62. The van der Waals surface area contributed by atoms with Crippen molar-refractivity contribution >= 4 is 11.4 Å². The molecule has 112 valence electrons. The number of rotatable bonds is 3. The monoisotopic (exact) mass is 293 g/mol. The molecule has 2 aromatic carbocycles. The lowest BCUT2D eigenvalue weighted by Gasteiger charge is -2.11. The molecule has 3 aromatic rings. The largest absolute Gasteiger partial charge is 0.398 e. The van der Waals surface area contributed by atoms with E-state index >= 15 is 0 Å². The van der Waals surface area contributed by atoms with Gasteiger partial charge in [-0.3, -0.25) is 5.10 Å². The van der Waals surface area contributed by atoms with Gasteiger partial charge < -0.3 is 10.6 Å². The van der Waals surface area contributed by atoms with E-state index < -0.39 is 0 Å². The summed E-state index contributed by atoms with van der Waals surface area (Å²) in [6.07, 6.45) is 0. The zero-order valence-corrected chi connectivity index (χ0v) is 13.0. The second-order valence-corrected chi connectivity index (χ2v) is 5.52. The van der Waals surface area contributed by atoms with Crippen LogP contribution in [0.3, 0.4) is 0 Å². The van der Waals surface area contributed by atoms with Crippen LogP contribution >= 0.6 is 0 Å². The highest BCUT2D eigenvalue weighted by molar-refractivity contribution is 5.66. The van der Waals surface area contributed by atoms with E-state index in [1.165, 1.54) is 0 Å². The van der Waals surface area contributed by atoms with Gasteiger partial charge in [0.15, 0.2) is 11.6 Å². The topological polar surface area (TPSA) is 70.8 Å². The van der Waals surface area contributed by atoms with Crippen LogP contribution in [0.4, 0.5) is 11.4 Å². The zero-order valence-electron chi connectivity index (χ0n) is 13.0. The van der Waals surface area contributed by atoms with E-state index in [9.17, 15) is 0 Å². The van der Waals surface area contributed by atoms with Crippen molar-refractivity contribution in [3.05, 3.63) is 48.0 Å². The molecule has 0 unspecified atom stereocenters. The Balaban J connectivity index is 1.91. The molecule has 0 aliphatic carbocycles. The average Bonchev–Trinajstić information content (AvgIpc) is 3.00. The quantitative estimate of drug-likeness (QED) is 0.728. The van der Waals surface area contributed by atoms with Crippen molar-refractivity contribution in [3.8, 4) is 22.8 Å². The lowest BCUT2D eigenvalue weighted by molar-refractivity contribution is 1.10. The summed E-state index contributed by atoms with van der Waals surface area (Å²) in [7, 11) is 4.03. The van der Waals surface area contributed by atoms with Crippen molar-refractivity contribution in [2.24, 2.45) is 0 Å². The van der Waals surface area contributed by atoms with E-state index in [4.69, 9.17) is 5.73 Å². The number of benzene rings is 2. The molecular formula is C17H19N5. The summed E-state index contributed by atoms with van der Waals surface area (Å²) in [5.74, 6) is 1.40. The van der Waals surface area contributed by atoms with Crippen molar-refractivity contribution in [1.29, 1.82) is 0 Å². The number of aryl methyl sites for hydroxylation is 1. The number of hydrogen-bond donors (Lipinski definition) is 2. The van der Waals surface area contributed by atoms with Gasteiger partial charge in [0.2, 0.25) is 0 Å². The number of aromatic amines is 1. The van der Waals surface area contributed by atoms with Gasteiger partial charge in [0.05, 0.1) is 0 Å². The van der Waals surface area contributed by atoms with E-state index in [2.05, 4.69) is 32.2 Å². The van der Waals surface area contributed by atoms with Crippen LogP contribution in [0, 0.1) is 6.92 Å². The number of anilines is 2. The van der Waals surface area contributed by atoms with Gasteiger partial charge in [0, 0.05) is 36.6 Å². The minimum Gasteiger partial charge on any atom is -0.398 e. The predicted molar refractivity (Wildman–Crippen MR) is 90.7 cm³/mol. The van der Waals surface area contributed by atoms with Gasteiger partial charge in [-0.1, -0.05) is 12.1 Å². The van der Waals surface area contributed by atoms with Crippen LogP contribution in [0.15, 0.2) is 42.5 Å². The first-order valence-corrected chi connectivity index (χ1v) is 7.11. The molecular weight excluding hydrogens is 274 g/mol.